The molecule has 0 radical (unpaired) electrons. The van der Waals surface area contributed by atoms with Crippen LogP contribution in [0.2, 0.25) is 0 Å². The predicted octanol–water partition coefficient (Wildman–Crippen LogP) is 2.75. The summed E-state index contributed by atoms with van der Waals surface area (Å²) in [4.78, 5) is 23.3. The number of hydrogen-bond acceptors (Lipinski definition) is 5. The fourth-order valence-corrected chi connectivity index (χ4v) is 2.81. The van der Waals surface area contributed by atoms with Crippen LogP contribution in [-0.2, 0) is 0 Å². The van der Waals surface area contributed by atoms with Crippen molar-refractivity contribution in [2.75, 3.05) is 11.1 Å². The molecule has 0 aliphatic rings. The minimum absolute atomic E-state index is 0.00313. The molecule has 0 unspecified atom stereocenters. The average Bonchev–Trinajstić information content (AvgIpc) is 2.73. The number of nitrogens with zero attached hydrogens (tertiary/aromatic N) is 1. The average molecular weight is 356 g/mol. The number of nitrogen functional groups attached to an aromatic ring is 1. The van der Waals surface area contributed by atoms with Crippen LogP contribution in [0.4, 0.5) is 10.7 Å². The first-order valence-electron chi connectivity index (χ1n) is 5.46. The molecule has 1 aromatic heterocycles. The molecule has 0 saturated carbocycles. The molecule has 2 rings (SSSR count). The highest BCUT2D eigenvalue weighted by atomic mass is 79.9. The molecule has 2 aromatic rings. The molecule has 0 bridgehead atoms. The number of anilines is 2. The molecule has 8 heteroatoms. The molecule has 0 saturated heterocycles. The highest BCUT2D eigenvalue weighted by molar-refractivity contribution is 9.10. The molecular weight excluding hydrogens is 346 g/mol. The lowest BCUT2D eigenvalue weighted by Gasteiger charge is -2.06. The van der Waals surface area contributed by atoms with E-state index in [9.17, 15) is 9.59 Å². The van der Waals surface area contributed by atoms with Gasteiger partial charge in [0.2, 0.25) is 0 Å². The minimum Gasteiger partial charge on any atom is -0.478 e. The quantitative estimate of drug-likeness (QED) is 0.734. The molecule has 104 valence electrons. The zero-order chi connectivity index (χ0) is 14.9. The fourth-order valence-electron chi connectivity index (χ4n) is 1.59. The standard InChI is InChI=1S/C12H10BrN3O3S/c1-5-9(12(18)19)11(20-16-5)15-10(17)7-4-6(14)2-3-8(7)13/h2-4H,14H2,1H3,(H,15,17)(H,18,19). The summed E-state index contributed by atoms with van der Waals surface area (Å²) in [5, 5.41) is 11.9. The Labute approximate surface area is 126 Å². The van der Waals surface area contributed by atoms with Crippen LogP contribution < -0.4 is 11.1 Å². The van der Waals surface area contributed by atoms with Crippen LogP contribution in [0.15, 0.2) is 22.7 Å². The van der Waals surface area contributed by atoms with Gasteiger partial charge < -0.3 is 16.2 Å². The van der Waals surface area contributed by atoms with Crippen molar-refractivity contribution >= 4 is 50.0 Å². The molecule has 6 nitrogen and oxygen atoms in total. The molecule has 4 N–H and O–H groups in total. The Bertz CT molecular complexity index is 699. The summed E-state index contributed by atoms with van der Waals surface area (Å²) in [5.41, 5.74) is 6.77. The first kappa shape index (κ1) is 14.5. The number of carboxylic acids is 1. The summed E-state index contributed by atoms with van der Waals surface area (Å²) in [5.74, 6) is -1.58. The van der Waals surface area contributed by atoms with Crippen molar-refractivity contribution in [3.8, 4) is 0 Å². The maximum absolute atomic E-state index is 12.2. The lowest BCUT2D eigenvalue weighted by molar-refractivity contribution is 0.0697. The van der Waals surface area contributed by atoms with E-state index in [0.29, 0.717) is 21.4 Å². The van der Waals surface area contributed by atoms with Gasteiger partial charge in [-0.05, 0) is 52.6 Å². The van der Waals surface area contributed by atoms with Gasteiger partial charge in [-0.25, -0.2) is 4.79 Å². The second-order valence-electron chi connectivity index (χ2n) is 3.97. The molecule has 0 aliphatic heterocycles. The Balaban J connectivity index is 2.33. The van der Waals surface area contributed by atoms with Crippen molar-refractivity contribution in [2.45, 2.75) is 6.92 Å². The van der Waals surface area contributed by atoms with Gasteiger partial charge in [0.05, 0.1) is 11.3 Å². The summed E-state index contributed by atoms with van der Waals surface area (Å²) < 4.78 is 4.51. The van der Waals surface area contributed by atoms with Gasteiger partial charge >= 0.3 is 5.97 Å². The molecular formula is C12H10BrN3O3S. The van der Waals surface area contributed by atoms with Gasteiger partial charge in [0, 0.05) is 10.2 Å². The van der Waals surface area contributed by atoms with Crippen molar-refractivity contribution < 1.29 is 14.7 Å². The number of aromatic carboxylic acids is 1. The number of rotatable bonds is 3. The Kier molecular flexibility index (Phi) is 4.05. The number of aryl methyl sites for hydroxylation is 1. The zero-order valence-corrected chi connectivity index (χ0v) is 12.7. The van der Waals surface area contributed by atoms with Crippen LogP contribution in [0.25, 0.3) is 0 Å². The van der Waals surface area contributed by atoms with E-state index in [1.165, 1.54) is 6.07 Å². The fraction of sp³-hybridized carbons (Fsp3) is 0.0833. The number of aromatic nitrogens is 1. The van der Waals surface area contributed by atoms with Crippen LogP contribution in [0.1, 0.15) is 26.4 Å². The van der Waals surface area contributed by atoms with Crippen molar-refractivity contribution in [3.63, 3.8) is 0 Å². The summed E-state index contributed by atoms with van der Waals surface area (Å²) in [6.07, 6.45) is 0. The Morgan fingerprint density at radius 3 is 2.80 bits per heavy atom. The normalized spacial score (nSPS) is 10.3. The van der Waals surface area contributed by atoms with Crippen LogP contribution in [0.3, 0.4) is 0 Å². The van der Waals surface area contributed by atoms with Crippen molar-refractivity contribution in [1.29, 1.82) is 0 Å². The van der Waals surface area contributed by atoms with Crippen LogP contribution >= 0.6 is 27.5 Å². The van der Waals surface area contributed by atoms with E-state index >= 15 is 0 Å². The SMILES string of the molecule is Cc1nsc(NC(=O)c2cc(N)ccc2Br)c1C(=O)O. The van der Waals surface area contributed by atoms with Gasteiger partial charge in [0.15, 0.2) is 0 Å². The van der Waals surface area contributed by atoms with Crippen molar-refractivity contribution in [1.82, 2.24) is 4.37 Å². The smallest absolute Gasteiger partial charge is 0.340 e. The number of benzene rings is 1. The second kappa shape index (κ2) is 5.59. The molecule has 0 aliphatic carbocycles. The molecule has 20 heavy (non-hydrogen) atoms. The minimum atomic E-state index is -1.13. The predicted molar refractivity (Wildman–Crippen MR) is 80.3 cm³/mol. The number of nitrogens with two attached hydrogens (primary N) is 1. The van der Waals surface area contributed by atoms with Crippen molar-refractivity contribution in [3.05, 3.63) is 39.5 Å². The molecule has 1 heterocycles. The number of hydrogen-bond donors (Lipinski definition) is 3. The van der Waals surface area contributed by atoms with E-state index in [1.807, 2.05) is 0 Å². The van der Waals surface area contributed by atoms with Gasteiger partial charge in [-0.1, -0.05) is 0 Å². The highest BCUT2D eigenvalue weighted by Gasteiger charge is 2.20. The third-order valence-corrected chi connectivity index (χ3v) is 4.08. The van der Waals surface area contributed by atoms with Gasteiger partial charge in [-0.3, -0.25) is 4.79 Å². The Morgan fingerprint density at radius 1 is 1.45 bits per heavy atom. The zero-order valence-electron chi connectivity index (χ0n) is 10.3. The number of carbonyl (C=O) groups is 2. The highest BCUT2D eigenvalue weighted by Crippen LogP contribution is 2.26. The number of nitrogens with one attached hydrogen (secondary N) is 1. The largest absolute Gasteiger partial charge is 0.478 e. The lowest BCUT2D eigenvalue weighted by Crippen LogP contribution is -2.14. The number of amides is 1. The summed E-state index contributed by atoms with van der Waals surface area (Å²) in [7, 11) is 0. The third-order valence-electron chi connectivity index (χ3n) is 2.54. The molecule has 0 spiro atoms. The molecule has 0 atom stereocenters. The Morgan fingerprint density at radius 2 is 2.15 bits per heavy atom. The topological polar surface area (TPSA) is 105 Å². The molecule has 1 aromatic carbocycles. The number of halogens is 1. The number of carbonyl (C=O) groups excluding carboxylic acids is 1. The van der Waals surface area contributed by atoms with Gasteiger partial charge in [-0.2, -0.15) is 4.37 Å². The first-order valence-corrected chi connectivity index (χ1v) is 7.02. The number of carboxylic acid groups (broad SMARTS) is 1. The molecule has 0 fully saturated rings. The van der Waals surface area contributed by atoms with E-state index < -0.39 is 11.9 Å². The van der Waals surface area contributed by atoms with Crippen LogP contribution in [-0.4, -0.2) is 21.4 Å². The Hall–Kier alpha value is -1.93. The maximum atomic E-state index is 12.2. The van der Waals surface area contributed by atoms with E-state index in [1.54, 1.807) is 19.1 Å². The van der Waals surface area contributed by atoms with Gasteiger partial charge in [0.1, 0.15) is 10.6 Å². The summed E-state index contributed by atoms with van der Waals surface area (Å²) in [6, 6.07) is 4.81. The molecule has 1 amide bonds. The van der Waals surface area contributed by atoms with E-state index in [2.05, 4.69) is 25.6 Å². The van der Waals surface area contributed by atoms with Gasteiger partial charge in [0.25, 0.3) is 5.91 Å². The van der Waals surface area contributed by atoms with Crippen LogP contribution in [0, 0.1) is 6.92 Å². The summed E-state index contributed by atoms with van der Waals surface area (Å²) in [6.45, 7) is 1.58. The van der Waals surface area contributed by atoms with E-state index in [0.717, 1.165) is 11.5 Å². The monoisotopic (exact) mass is 355 g/mol. The van der Waals surface area contributed by atoms with E-state index in [4.69, 9.17) is 10.8 Å². The first-order chi connectivity index (χ1) is 9.40. The summed E-state index contributed by atoms with van der Waals surface area (Å²) >= 11 is 4.18. The van der Waals surface area contributed by atoms with E-state index in [-0.39, 0.29) is 10.6 Å². The van der Waals surface area contributed by atoms with Gasteiger partial charge in [-0.15, -0.1) is 0 Å². The van der Waals surface area contributed by atoms with Crippen molar-refractivity contribution in [2.24, 2.45) is 0 Å². The maximum Gasteiger partial charge on any atom is 0.340 e. The lowest BCUT2D eigenvalue weighted by atomic mass is 10.2. The van der Waals surface area contributed by atoms with Crippen LogP contribution in [0.5, 0.6) is 0 Å². The second-order valence-corrected chi connectivity index (χ2v) is 5.60. The third kappa shape index (κ3) is 2.81.